The number of hydrogen-bond donors (Lipinski definition) is 2. The molecule has 1 fully saturated rings. The summed E-state index contributed by atoms with van der Waals surface area (Å²) in [5, 5.41) is 8.91. The largest absolute Gasteiger partial charge is 0.382 e. The van der Waals surface area contributed by atoms with Crippen LogP contribution in [0.2, 0.25) is 5.02 Å². The summed E-state index contributed by atoms with van der Waals surface area (Å²) in [7, 11) is 0. The van der Waals surface area contributed by atoms with Gasteiger partial charge in [-0.3, -0.25) is 4.98 Å². The lowest BCUT2D eigenvalue weighted by Gasteiger charge is -2.31. The minimum atomic E-state index is -0.199. The topological polar surface area (TPSA) is 37.0 Å². The van der Waals surface area contributed by atoms with Gasteiger partial charge in [0.2, 0.25) is 0 Å². The molecule has 26 heavy (non-hydrogen) atoms. The van der Waals surface area contributed by atoms with Crippen LogP contribution in [0.3, 0.4) is 0 Å². The smallest absolute Gasteiger partial charge is 0.125 e. The zero-order chi connectivity index (χ0) is 17.9. The minimum absolute atomic E-state index is 0.199. The summed E-state index contributed by atoms with van der Waals surface area (Å²) < 4.78 is 13.3. The first-order chi connectivity index (χ1) is 12.7. The van der Waals surface area contributed by atoms with Gasteiger partial charge in [0.05, 0.1) is 5.52 Å². The van der Waals surface area contributed by atoms with E-state index in [2.05, 4.69) is 15.6 Å². The van der Waals surface area contributed by atoms with Crippen molar-refractivity contribution < 1.29 is 4.39 Å². The average Bonchev–Trinajstić information content (AvgIpc) is 2.63. The highest BCUT2D eigenvalue weighted by Crippen LogP contribution is 2.29. The van der Waals surface area contributed by atoms with Crippen LogP contribution in [0.25, 0.3) is 10.9 Å². The van der Waals surface area contributed by atoms with Crippen molar-refractivity contribution in [3.8, 4) is 0 Å². The number of benzene rings is 2. The maximum atomic E-state index is 13.3. The number of rotatable bonds is 4. The highest BCUT2D eigenvalue weighted by atomic mass is 35.5. The first-order valence-electron chi connectivity index (χ1n) is 9.00. The van der Waals surface area contributed by atoms with Crippen LogP contribution in [0.1, 0.15) is 25.7 Å². The monoisotopic (exact) mass is 369 g/mol. The van der Waals surface area contributed by atoms with E-state index in [1.54, 1.807) is 12.1 Å². The number of hydrogen-bond acceptors (Lipinski definition) is 3. The van der Waals surface area contributed by atoms with E-state index in [-0.39, 0.29) is 5.82 Å². The fourth-order valence-electron chi connectivity index (χ4n) is 3.66. The van der Waals surface area contributed by atoms with Crippen molar-refractivity contribution in [2.75, 3.05) is 10.6 Å². The molecule has 1 aliphatic rings. The Labute approximate surface area is 157 Å². The van der Waals surface area contributed by atoms with Crippen molar-refractivity contribution in [1.29, 1.82) is 0 Å². The third-order valence-corrected chi connectivity index (χ3v) is 5.22. The Bertz CT molecular complexity index is 907. The lowest BCUT2D eigenvalue weighted by Crippen LogP contribution is -2.32. The minimum Gasteiger partial charge on any atom is -0.382 e. The second kappa shape index (κ2) is 7.50. The molecule has 0 atom stereocenters. The number of pyridine rings is 1. The second-order valence-corrected chi connectivity index (χ2v) is 7.30. The molecular weight excluding hydrogens is 349 g/mol. The van der Waals surface area contributed by atoms with Crippen molar-refractivity contribution in [3.05, 3.63) is 65.6 Å². The average molecular weight is 370 g/mol. The van der Waals surface area contributed by atoms with Crippen LogP contribution >= 0.6 is 11.6 Å². The molecule has 2 aromatic carbocycles. The Morgan fingerprint density at radius 3 is 2.46 bits per heavy atom. The zero-order valence-corrected chi connectivity index (χ0v) is 15.1. The predicted molar refractivity (Wildman–Crippen MR) is 106 cm³/mol. The van der Waals surface area contributed by atoms with Gasteiger partial charge in [-0.1, -0.05) is 17.7 Å². The van der Waals surface area contributed by atoms with E-state index in [1.807, 2.05) is 36.5 Å². The van der Waals surface area contributed by atoms with Crippen molar-refractivity contribution in [2.24, 2.45) is 0 Å². The van der Waals surface area contributed by atoms with E-state index in [1.165, 1.54) is 6.07 Å². The fourth-order valence-corrected chi connectivity index (χ4v) is 3.83. The van der Waals surface area contributed by atoms with Gasteiger partial charge in [-0.2, -0.15) is 0 Å². The molecule has 1 heterocycles. The molecule has 1 saturated carbocycles. The number of nitrogens with one attached hydrogen (secondary N) is 2. The van der Waals surface area contributed by atoms with Gasteiger partial charge in [0, 0.05) is 40.1 Å². The van der Waals surface area contributed by atoms with Crippen LogP contribution in [0.4, 0.5) is 15.8 Å². The molecule has 134 valence electrons. The molecule has 2 N–H and O–H groups in total. The molecule has 0 unspecified atom stereocenters. The maximum Gasteiger partial charge on any atom is 0.125 e. The molecule has 0 aliphatic heterocycles. The summed E-state index contributed by atoms with van der Waals surface area (Å²) in [5.41, 5.74) is 2.87. The van der Waals surface area contributed by atoms with Crippen LogP contribution in [0.5, 0.6) is 0 Å². The van der Waals surface area contributed by atoms with Gasteiger partial charge in [-0.15, -0.1) is 0 Å². The molecular formula is C21H21ClFN3. The van der Waals surface area contributed by atoms with E-state index >= 15 is 0 Å². The van der Waals surface area contributed by atoms with Gasteiger partial charge in [-0.25, -0.2) is 4.39 Å². The molecule has 0 bridgehead atoms. The summed E-state index contributed by atoms with van der Waals surface area (Å²) in [6.45, 7) is 0. The van der Waals surface area contributed by atoms with E-state index in [9.17, 15) is 4.39 Å². The lowest BCUT2D eigenvalue weighted by molar-refractivity contribution is 0.429. The first-order valence-corrected chi connectivity index (χ1v) is 9.38. The number of nitrogens with zero attached hydrogens (tertiary/aromatic N) is 1. The van der Waals surface area contributed by atoms with E-state index < -0.39 is 0 Å². The van der Waals surface area contributed by atoms with Gasteiger partial charge in [0.15, 0.2) is 0 Å². The highest BCUT2D eigenvalue weighted by Gasteiger charge is 2.21. The molecule has 3 aromatic rings. The molecule has 5 heteroatoms. The van der Waals surface area contributed by atoms with Gasteiger partial charge in [0.25, 0.3) is 0 Å². The van der Waals surface area contributed by atoms with Crippen molar-refractivity contribution >= 4 is 33.9 Å². The highest BCUT2D eigenvalue weighted by molar-refractivity contribution is 6.31. The molecule has 0 radical (unpaired) electrons. The van der Waals surface area contributed by atoms with Gasteiger partial charge in [-0.05, 0) is 68.1 Å². The van der Waals surface area contributed by atoms with Gasteiger partial charge in [0.1, 0.15) is 5.82 Å². The summed E-state index contributed by atoms with van der Waals surface area (Å²) in [6, 6.07) is 15.3. The number of fused-ring (bicyclic) bond motifs is 1. The number of halogens is 2. The lowest BCUT2D eigenvalue weighted by atomic mass is 9.90. The van der Waals surface area contributed by atoms with E-state index in [4.69, 9.17) is 11.6 Å². The van der Waals surface area contributed by atoms with Crippen LogP contribution < -0.4 is 10.6 Å². The molecule has 1 aromatic heterocycles. The third kappa shape index (κ3) is 3.91. The molecule has 0 saturated heterocycles. The number of aromatic nitrogens is 1. The summed E-state index contributed by atoms with van der Waals surface area (Å²) in [6.07, 6.45) is 6.08. The van der Waals surface area contributed by atoms with E-state index in [0.717, 1.165) is 48.0 Å². The van der Waals surface area contributed by atoms with Crippen LogP contribution in [-0.2, 0) is 0 Å². The SMILES string of the molecule is Fc1cccc(NC2CCC(Nc3ccnc4cc(Cl)ccc34)CC2)c1. The summed E-state index contributed by atoms with van der Waals surface area (Å²) in [4.78, 5) is 4.40. The first kappa shape index (κ1) is 17.1. The Balaban J connectivity index is 1.38. The second-order valence-electron chi connectivity index (χ2n) is 6.87. The van der Waals surface area contributed by atoms with Crippen molar-refractivity contribution in [2.45, 2.75) is 37.8 Å². The maximum absolute atomic E-state index is 13.3. The normalized spacial score (nSPS) is 20.1. The number of anilines is 2. The van der Waals surface area contributed by atoms with Crippen LogP contribution in [0.15, 0.2) is 54.7 Å². The van der Waals surface area contributed by atoms with Crippen LogP contribution in [-0.4, -0.2) is 17.1 Å². The third-order valence-electron chi connectivity index (χ3n) is 4.99. The Morgan fingerprint density at radius 1 is 0.923 bits per heavy atom. The van der Waals surface area contributed by atoms with Crippen LogP contribution in [0, 0.1) is 5.82 Å². The molecule has 1 aliphatic carbocycles. The standard InChI is InChI=1S/C21H21ClFN3/c22-14-4-9-19-20(10-11-24-21(19)12-14)26-17-7-5-16(6-8-17)25-18-3-1-2-15(23)13-18/h1-4,9-13,16-17,25H,5-8H2,(H,24,26). The molecule has 4 rings (SSSR count). The Hall–Kier alpha value is -2.33. The molecule has 0 spiro atoms. The fraction of sp³-hybridized carbons (Fsp3) is 0.286. The summed E-state index contributed by atoms with van der Waals surface area (Å²) >= 11 is 6.06. The quantitative estimate of drug-likeness (QED) is 0.604. The van der Waals surface area contributed by atoms with E-state index in [0.29, 0.717) is 17.1 Å². The zero-order valence-electron chi connectivity index (χ0n) is 14.4. The van der Waals surface area contributed by atoms with Gasteiger partial charge >= 0.3 is 0 Å². The Kier molecular flexibility index (Phi) is 4.93. The Morgan fingerprint density at radius 2 is 1.69 bits per heavy atom. The molecule has 0 amide bonds. The van der Waals surface area contributed by atoms with Gasteiger partial charge < -0.3 is 10.6 Å². The molecule has 3 nitrogen and oxygen atoms in total. The summed E-state index contributed by atoms with van der Waals surface area (Å²) in [5.74, 6) is -0.199. The van der Waals surface area contributed by atoms with Crippen molar-refractivity contribution in [1.82, 2.24) is 4.98 Å². The predicted octanol–water partition coefficient (Wildman–Crippen LogP) is 5.86. The van der Waals surface area contributed by atoms with Crippen molar-refractivity contribution in [3.63, 3.8) is 0 Å².